The van der Waals surface area contributed by atoms with E-state index < -0.39 is 28.8 Å². The topological polar surface area (TPSA) is 65.2 Å². The Bertz CT molecular complexity index is 876. The van der Waals surface area contributed by atoms with Crippen molar-refractivity contribution in [2.75, 3.05) is 18.0 Å². The second kappa shape index (κ2) is 6.86. The van der Waals surface area contributed by atoms with Crippen LogP contribution in [0.5, 0.6) is 0 Å². The van der Waals surface area contributed by atoms with E-state index in [-0.39, 0.29) is 12.6 Å². The minimum Gasteiger partial charge on any atom is -0.367 e. The summed E-state index contributed by atoms with van der Waals surface area (Å²) in [4.78, 5) is 27.9. The van der Waals surface area contributed by atoms with Crippen molar-refractivity contribution in [1.29, 1.82) is 0 Å². The fourth-order valence-electron chi connectivity index (χ4n) is 3.17. The highest BCUT2D eigenvalue weighted by Gasteiger charge is 2.32. The molecule has 1 aromatic carbocycles. The standard InChI is InChI=1S/C18H18F3N3O2/c1-11-8-12-4-2-3-5-15(12)24(11)7-6-22-16(25)14-9-13(18(19,20)21)10-23-17(14)26/h2-5,9-11H,6-8H2,1H3,(H,22,25)(H,23,26). The lowest BCUT2D eigenvalue weighted by Crippen LogP contribution is -2.39. The molecule has 138 valence electrons. The van der Waals surface area contributed by atoms with Crippen LogP contribution < -0.4 is 15.8 Å². The number of aromatic nitrogens is 1. The smallest absolute Gasteiger partial charge is 0.367 e. The number of anilines is 1. The molecule has 1 unspecified atom stereocenters. The summed E-state index contributed by atoms with van der Waals surface area (Å²) in [5, 5.41) is 2.53. The van der Waals surface area contributed by atoms with Crippen LogP contribution in [0.2, 0.25) is 0 Å². The average molecular weight is 365 g/mol. The lowest BCUT2D eigenvalue weighted by atomic mass is 10.1. The van der Waals surface area contributed by atoms with Gasteiger partial charge in [-0.1, -0.05) is 18.2 Å². The molecule has 1 aromatic heterocycles. The molecule has 1 amide bonds. The Morgan fingerprint density at radius 3 is 2.81 bits per heavy atom. The maximum atomic E-state index is 12.7. The molecule has 5 nitrogen and oxygen atoms in total. The molecule has 2 N–H and O–H groups in total. The Labute approximate surface area is 147 Å². The predicted molar refractivity (Wildman–Crippen MR) is 91.4 cm³/mol. The lowest BCUT2D eigenvalue weighted by molar-refractivity contribution is -0.137. The molecule has 2 heterocycles. The second-order valence-corrected chi connectivity index (χ2v) is 6.26. The van der Waals surface area contributed by atoms with Gasteiger partial charge in [-0.2, -0.15) is 13.2 Å². The number of hydrogen-bond donors (Lipinski definition) is 2. The zero-order valence-corrected chi connectivity index (χ0v) is 14.1. The van der Waals surface area contributed by atoms with E-state index in [9.17, 15) is 22.8 Å². The Hall–Kier alpha value is -2.77. The summed E-state index contributed by atoms with van der Waals surface area (Å²) in [6.07, 6.45) is -3.17. The number of amides is 1. The van der Waals surface area contributed by atoms with Gasteiger partial charge in [0.2, 0.25) is 0 Å². The van der Waals surface area contributed by atoms with Crippen LogP contribution in [0.25, 0.3) is 0 Å². The number of nitrogens with one attached hydrogen (secondary N) is 2. The molecule has 1 atom stereocenters. The molecular weight excluding hydrogens is 347 g/mol. The van der Waals surface area contributed by atoms with Gasteiger partial charge in [-0.3, -0.25) is 9.59 Å². The van der Waals surface area contributed by atoms with Crippen molar-refractivity contribution in [1.82, 2.24) is 10.3 Å². The number of nitrogens with zero attached hydrogens (tertiary/aromatic N) is 1. The summed E-state index contributed by atoms with van der Waals surface area (Å²) in [7, 11) is 0. The minimum absolute atomic E-state index is 0.215. The number of benzene rings is 1. The van der Waals surface area contributed by atoms with Gasteiger partial charge in [0, 0.05) is 31.0 Å². The summed E-state index contributed by atoms with van der Waals surface area (Å²) < 4.78 is 38.2. The van der Waals surface area contributed by atoms with Crippen LogP contribution in [-0.4, -0.2) is 30.0 Å². The molecule has 3 rings (SSSR count). The van der Waals surface area contributed by atoms with E-state index in [1.165, 1.54) is 5.56 Å². The third kappa shape index (κ3) is 3.58. The largest absolute Gasteiger partial charge is 0.417 e. The van der Waals surface area contributed by atoms with E-state index in [2.05, 4.69) is 17.1 Å². The third-order valence-electron chi connectivity index (χ3n) is 4.46. The van der Waals surface area contributed by atoms with Crippen LogP contribution in [0.15, 0.2) is 41.3 Å². The molecule has 2 aromatic rings. The van der Waals surface area contributed by atoms with E-state index in [1.54, 1.807) is 0 Å². The van der Waals surface area contributed by atoms with Crippen molar-refractivity contribution in [3.05, 3.63) is 63.6 Å². The maximum Gasteiger partial charge on any atom is 0.417 e. The van der Waals surface area contributed by atoms with Gasteiger partial charge in [-0.05, 0) is 31.0 Å². The first-order valence-corrected chi connectivity index (χ1v) is 8.20. The molecule has 26 heavy (non-hydrogen) atoms. The van der Waals surface area contributed by atoms with Gasteiger partial charge in [0.05, 0.1) is 5.56 Å². The van der Waals surface area contributed by atoms with E-state index in [0.717, 1.165) is 12.1 Å². The number of halogens is 3. The summed E-state index contributed by atoms with van der Waals surface area (Å²) in [5.74, 6) is -0.822. The van der Waals surface area contributed by atoms with Crippen molar-refractivity contribution in [2.24, 2.45) is 0 Å². The first kappa shape index (κ1) is 18.0. The van der Waals surface area contributed by atoms with Gasteiger partial charge in [0.15, 0.2) is 0 Å². The maximum absolute atomic E-state index is 12.7. The molecule has 0 fully saturated rings. The summed E-state index contributed by atoms with van der Waals surface area (Å²) >= 11 is 0. The van der Waals surface area contributed by atoms with Crippen LogP contribution in [0.3, 0.4) is 0 Å². The van der Waals surface area contributed by atoms with Crippen molar-refractivity contribution in [2.45, 2.75) is 25.6 Å². The van der Waals surface area contributed by atoms with E-state index in [1.807, 2.05) is 29.2 Å². The second-order valence-electron chi connectivity index (χ2n) is 6.26. The molecule has 0 saturated carbocycles. The first-order chi connectivity index (χ1) is 12.3. The number of aromatic amines is 1. The van der Waals surface area contributed by atoms with E-state index >= 15 is 0 Å². The molecule has 8 heteroatoms. The zero-order valence-electron chi connectivity index (χ0n) is 14.1. The SMILES string of the molecule is CC1Cc2ccccc2N1CCNC(=O)c1cc(C(F)(F)F)c[nH]c1=O. The molecule has 1 aliphatic heterocycles. The number of para-hydroxylation sites is 1. The Morgan fingerprint density at radius 1 is 1.35 bits per heavy atom. The highest BCUT2D eigenvalue weighted by atomic mass is 19.4. The van der Waals surface area contributed by atoms with Crippen LogP contribution in [0, 0.1) is 0 Å². The number of fused-ring (bicyclic) bond motifs is 1. The molecule has 0 radical (unpaired) electrons. The molecule has 0 bridgehead atoms. The number of rotatable bonds is 4. The van der Waals surface area contributed by atoms with Gasteiger partial charge in [-0.15, -0.1) is 0 Å². The minimum atomic E-state index is -4.63. The fourth-order valence-corrected chi connectivity index (χ4v) is 3.17. The summed E-state index contributed by atoms with van der Waals surface area (Å²) in [6, 6.07) is 8.79. The fraction of sp³-hybridized carbons (Fsp3) is 0.333. The van der Waals surface area contributed by atoms with Crippen molar-refractivity contribution in [3.63, 3.8) is 0 Å². The molecule has 1 aliphatic rings. The highest BCUT2D eigenvalue weighted by molar-refractivity contribution is 5.94. The third-order valence-corrected chi connectivity index (χ3v) is 4.46. The molecular formula is C18H18F3N3O2. The van der Waals surface area contributed by atoms with Gasteiger partial charge in [-0.25, -0.2) is 0 Å². The Kier molecular flexibility index (Phi) is 4.76. The first-order valence-electron chi connectivity index (χ1n) is 8.20. The van der Waals surface area contributed by atoms with Gasteiger partial charge in [0.1, 0.15) is 5.56 Å². The van der Waals surface area contributed by atoms with Crippen LogP contribution in [0.4, 0.5) is 18.9 Å². The number of pyridine rings is 1. The van der Waals surface area contributed by atoms with Crippen LogP contribution >= 0.6 is 0 Å². The van der Waals surface area contributed by atoms with E-state index in [0.29, 0.717) is 18.8 Å². The number of hydrogen-bond acceptors (Lipinski definition) is 3. The summed E-state index contributed by atoms with van der Waals surface area (Å²) in [5.41, 5.74) is -0.152. The number of carbonyl (C=O) groups is 1. The number of H-pyrrole nitrogens is 1. The van der Waals surface area contributed by atoms with Gasteiger partial charge < -0.3 is 15.2 Å². The van der Waals surface area contributed by atoms with Gasteiger partial charge >= 0.3 is 6.18 Å². The Morgan fingerprint density at radius 2 is 2.08 bits per heavy atom. The highest BCUT2D eigenvalue weighted by Crippen LogP contribution is 2.31. The monoisotopic (exact) mass is 365 g/mol. The normalized spacial score (nSPS) is 16.5. The lowest BCUT2D eigenvalue weighted by Gasteiger charge is -2.25. The Balaban J connectivity index is 1.66. The molecule has 0 saturated heterocycles. The van der Waals surface area contributed by atoms with Crippen molar-refractivity contribution >= 4 is 11.6 Å². The van der Waals surface area contributed by atoms with E-state index in [4.69, 9.17) is 0 Å². The molecule has 0 aliphatic carbocycles. The quantitative estimate of drug-likeness (QED) is 0.875. The van der Waals surface area contributed by atoms with Crippen LogP contribution in [0.1, 0.15) is 28.4 Å². The average Bonchev–Trinajstić information content (AvgIpc) is 2.90. The van der Waals surface area contributed by atoms with Crippen molar-refractivity contribution < 1.29 is 18.0 Å². The van der Waals surface area contributed by atoms with Gasteiger partial charge in [0.25, 0.3) is 11.5 Å². The summed E-state index contributed by atoms with van der Waals surface area (Å²) in [6.45, 7) is 2.79. The number of alkyl halides is 3. The zero-order chi connectivity index (χ0) is 18.9. The predicted octanol–water partition coefficient (Wildman–Crippen LogP) is 2.57. The van der Waals surface area contributed by atoms with Crippen molar-refractivity contribution in [3.8, 4) is 0 Å². The number of carbonyl (C=O) groups excluding carboxylic acids is 1. The van der Waals surface area contributed by atoms with Crippen LogP contribution in [-0.2, 0) is 12.6 Å². The molecule has 0 spiro atoms.